The summed E-state index contributed by atoms with van der Waals surface area (Å²) in [6.45, 7) is 7.02. The van der Waals surface area contributed by atoms with Crippen LogP contribution in [0.25, 0.3) is 0 Å². The van der Waals surface area contributed by atoms with Crippen molar-refractivity contribution in [2.75, 3.05) is 51.2 Å². The molecule has 1 aromatic rings. The van der Waals surface area contributed by atoms with E-state index in [1.165, 1.54) is 32.5 Å². The van der Waals surface area contributed by atoms with E-state index in [0.29, 0.717) is 0 Å². The second kappa shape index (κ2) is 7.34. The Bertz CT molecular complexity index is 322. The Labute approximate surface area is 110 Å². The Hall–Kier alpha value is -1.13. The van der Waals surface area contributed by atoms with Gasteiger partial charge >= 0.3 is 0 Å². The molecule has 1 aliphatic heterocycles. The Kier molecular flexibility index (Phi) is 5.42. The monoisotopic (exact) mass is 248 g/mol. The molecule has 0 spiro atoms. The zero-order valence-electron chi connectivity index (χ0n) is 11.3. The fourth-order valence-electron chi connectivity index (χ4n) is 2.31. The highest BCUT2D eigenvalue weighted by atomic mass is 15.2. The van der Waals surface area contributed by atoms with Crippen molar-refractivity contribution >= 4 is 5.82 Å². The molecule has 0 unspecified atom stereocenters. The van der Waals surface area contributed by atoms with Gasteiger partial charge in [-0.15, -0.1) is 0 Å². The molecule has 0 aliphatic carbocycles. The average Bonchev–Trinajstić information content (AvgIpc) is 2.45. The first-order valence-corrected chi connectivity index (χ1v) is 6.91. The van der Waals surface area contributed by atoms with E-state index in [2.05, 4.69) is 33.2 Å². The topological polar surface area (TPSA) is 31.4 Å². The minimum atomic E-state index is 1.07. The number of piperazine rings is 1. The van der Waals surface area contributed by atoms with Gasteiger partial charge in [0.25, 0.3) is 0 Å². The number of anilines is 1. The molecular formula is C14H24N4. The molecule has 1 aliphatic rings. The van der Waals surface area contributed by atoms with Gasteiger partial charge in [-0.25, -0.2) is 4.98 Å². The third-order valence-corrected chi connectivity index (χ3v) is 3.47. The largest absolute Gasteiger partial charge is 0.360 e. The third-order valence-electron chi connectivity index (χ3n) is 3.47. The van der Waals surface area contributed by atoms with Crippen LogP contribution in [0.4, 0.5) is 5.82 Å². The number of nitrogens with zero attached hydrogens (tertiary/aromatic N) is 3. The molecule has 100 valence electrons. The molecule has 0 amide bonds. The van der Waals surface area contributed by atoms with Crippen LogP contribution in [0.2, 0.25) is 0 Å². The Morgan fingerprint density at radius 1 is 1.28 bits per heavy atom. The number of rotatable bonds is 6. The van der Waals surface area contributed by atoms with E-state index in [1.54, 1.807) is 0 Å². The second-order valence-corrected chi connectivity index (χ2v) is 4.91. The van der Waals surface area contributed by atoms with Gasteiger partial charge in [0.1, 0.15) is 5.82 Å². The summed E-state index contributed by atoms with van der Waals surface area (Å²) in [5.41, 5.74) is 0. The summed E-state index contributed by atoms with van der Waals surface area (Å²) in [7, 11) is 2.12. The number of hydrogen-bond donors (Lipinski definition) is 1. The van der Waals surface area contributed by atoms with E-state index < -0.39 is 0 Å². The second-order valence-electron chi connectivity index (χ2n) is 4.91. The molecule has 1 aromatic heterocycles. The van der Waals surface area contributed by atoms with Gasteiger partial charge < -0.3 is 15.1 Å². The van der Waals surface area contributed by atoms with Crippen molar-refractivity contribution in [2.45, 2.75) is 12.8 Å². The van der Waals surface area contributed by atoms with Gasteiger partial charge in [0, 0.05) is 46.0 Å². The molecule has 4 nitrogen and oxygen atoms in total. The van der Waals surface area contributed by atoms with Gasteiger partial charge in [-0.05, 0) is 31.5 Å². The van der Waals surface area contributed by atoms with Gasteiger partial charge in [0.2, 0.25) is 0 Å². The third kappa shape index (κ3) is 4.27. The zero-order chi connectivity index (χ0) is 12.6. The van der Waals surface area contributed by atoms with Crippen LogP contribution in [0.3, 0.4) is 0 Å². The Morgan fingerprint density at radius 3 is 2.83 bits per heavy atom. The van der Waals surface area contributed by atoms with Crippen molar-refractivity contribution in [3.05, 3.63) is 24.4 Å². The Balaban J connectivity index is 1.60. The first-order chi connectivity index (χ1) is 8.86. The van der Waals surface area contributed by atoms with Crippen molar-refractivity contribution in [3.63, 3.8) is 0 Å². The quantitative estimate of drug-likeness (QED) is 0.767. The van der Waals surface area contributed by atoms with E-state index in [9.17, 15) is 0 Å². The van der Waals surface area contributed by atoms with Gasteiger partial charge in [0.15, 0.2) is 0 Å². The number of pyridine rings is 1. The van der Waals surface area contributed by atoms with E-state index in [4.69, 9.17) is 0 Å². The summed E-state index contributed by atoms with van der Waals surface area (Å²) in [4.78, 5) is 9.14. The van der Waals surface area contributed by atoms with Crippen molar-refractivity contribution < 1.29 is 0 Å². The lowest BCUT2D eigenvalue weighted by atomic mass is 10.2. The number of aromatic nitrogens is 1. The molecule has 0 atom stereocenters. The summed E-state index contributed by atoms with van der Waals surface area (Å²) in [6, 6.07) is 6.07. The summed E-state index contributed by atoms with van der Waals surface area (Å²) >= 11 is 0. The number of hydrogen-bond acceptors (Lipinski definition) is 4. The fraction of sp³-hybridized carbons (Fsp3) is 0.643. The molecule has 2 rings (SSSR count). The van der Waals surface area contributed by atoms with E-state index >= 15 is 0 Å². The molecule has 1 N–H and O–H groups in total. The highest BCUT2D eigenvalue weighted by Gasteiger charge is 2.08. The average molecular weight is 248 g/mol. The lowest BCUT2D eigenvalue weighted by molar-refractivity contribution is 0.237. The molecule has 2 heterocycles. The maximum atomic E-state index is 4.35. The minimum absolute atomic E-state index is 1.07. The maximum Gasteiger partial charge on any atom is 0.128 e. The van der Waals surface area contributed by atoms with Crippen LogP contribution in [-0.2, 0) is 0 Å². The van der Waals surface area contributed by atoms with Crippen LogP contribution in [0, 0.1) is 0 Å². The number of nitrogens with one attached hydrogen (secondary N) is 1. The lowest BCUT2D eigenvalue weighted by Crippen LogP contribution is -2.43. The molecule has 1 fully saturated rings. The van der Waals surface area contributed by atoms with Crippen LogP contribution >= 0.6 is 0 Å². The standard InChI is InChI=1S/C14H24N4/c1-17(14-6-2-3-7-16-14)10-4-5-11-18-12-8-15-9-13-18/h2-3,6-7,15H,4-5,8-13H2,1H3. The van der Waals surface area contributed by atoms with Crippen LogP contribution in [-0.4, -0.2) is 56.2 Å². The molecular weight excluding hydrogens is 224 g/mol. The fourth-order valence-corrected chi connectivity index (χ4v) is 2.31. The van der Waals surface area contributed by atoms with Gasteiger partial charge in [0.05, 0.1) is 0 Å². The van der Waals surface area contributed by atoms with E-state index in [1.807, 2.05) is 18.3 Å². The zero-order valence-corrected chi connectivity index (χ0v) is 11.3. The predicted molar refractivity (Wildman–Crippen MR) is 76.1 cm³/mol. The first kappa shape index (κ1) is 13.3. The van der Waals surface area contributed by atoms with Gasteiger partial charge in [-0.1, -0.05) is 6.07 Å². The molecule has 18 heavy (non-hydrogen) atoms. The Morgan fingerprint density at radius 2 is 2.11 bits per heavy atom. The summed E-state index contributed by atoms with van der Waals surface area (Å²) in [6.07, 6.45) is 4.36. The summed E-state index contributed by atoms with van der Waals surface area (Å²) in [5, 5.41) is 3.39. The maximum absolute atomic E-state index is 4.35. The molecule has 0 saturated carbocycles. The SMILES string of the molecule is CN(CCCCN1CCNCC1)c1ccccn1. The van der Waals surface area contributed by atoms with Gasteiger partial charge in [-0.2, -0.15) is 0 Å². The van der Waals surface area contributed by atoms with Crippen molar-refractivity contribution in [2.24, 2.45) is 0 Å². The lowest BCUT2D eigenvalue weighted by Gasteiger charge is -2.27. The molecule has 4 heteroatoms. The molecule has 1 saturated heterocycles. The normalized spacial score (nSPS) is 16.7. The van der Waals surface area contributed by atoms with Gasteiger partial charge in [-0.3, -0.25) is 0 Å². The van der Waals surface area contributed by atoms with E-state index in [0.717, 1.165) is 25.5 Å². The minimum Gasteiger partial charge on any atom is -0.360 e. The molecule has 0 aromatic carbocycles. The number of unbranched alkanes of at least 4 members (excludes halogenated alkanes) is 1. The molecule has 0 radical (unpaired) electrons. The highest BCUT2D eigenvalue weighted by Crippen LogP contribution is 2.08. The molecule has 0 bridgehead atoms. The summed E-state index contributed by atoms with van der Waals surface area (Å²) < 4.78 is 0. The van der Waals surface area contributed by atoms with Crippen molar-refractivity contribution in [1.29, 1.82) is 0 Å². The van der Waals surface area contributed by atoms with E-state index in [-0.39, 0.29) is 0 Å². The van der Waals surface area contributed by atoms with Crippen LogP contribution in [0.5, 0.6) is 0 Å². The van der Waals surface area contributed by atoms with Crippen LogP contribution < -0.4 is 10.2 Å². The summed E-state index contributed by atoms with van der Waals surface area (Å²) in [5.74, 6) is 1.07. The predicted octanol–water partition coefficient (Wildman–Crippen LogP) is 1.20. The van der Waals surface area contributed by atoms with Crippen molar-refractivity contribution in [1.82, 2.24) is 15.2 Å². The first-order valence-electron chi connectivity index (χ1n) is 6.91. The van der Waals surface area contributed by atoms with Crippen LogP contribution in [0.1, 0.15) is 12.8 Å². The van der Waals surface area contributed by atoms with Crippen molar-refractivity contribution in [3.8, 4) is 0 Å². The van der Waals surface area contributed by atoms with Crippen LogP contribution in [0.15, 0.2) is 24.4 Å². The highest BCUT2D eigenvalue weighted by molar-refractivity contribution is 5.35. The smallest absolute Gasteiger partial charge is 0.128 e.